The predicted molar refractivity (Wildman–Crippen MR) is 156 cm³/mol. The van der Waals surface area contributed by atoms with Crippen molar-refractivity contribution in [2.24, 2.45) is 0 Å². The molecule has 0 aliphatic heterocycles. The molecular weight excluding hydrogens is 490 g/mol. The van der Waals surface area contributed by atoms with Crippen molar-refractivity contribution >= 4 is 17.9 Å². The van der Waals surface area contributed by atoms with Crippen LogP contribution in [0.2, 0.25) is 0 Å². The molecule has 7 nitrogen and oxygen atoms in total. The van der Waals surface area contributed by atoms with Gasteiger partial charge < -0.3 is 20.3 Å². The lowest BCUT2D eigenvalue weighted by Crippen LogP contribution is -2.57. The number of hydrogen-bond donors (Lipinski definition) is 2. The zero-order valence-electron chi connectivity index (χ0n) is 25.3. The highest BCUT2D eigenvalue weighted by molar-refractivity contribution is 5.93. The maximum atomic E-state index is 14.5. The first-order chi connectivity index (χ1) is 18.0. The van der Waals surface area contributed by atoms with E-state index in [1.807, 2.05) is 97.0 Å². The largest absolute Gasteiger partial charge is 0.444 e. The lowest BCUT2D eigenvalue weighted by Gasteiger charge is -2.40. The van der Waals surface area contributed by atoms with Crippen LogP contribution < -0.4 is 10.6 Å². The summed E-state index contributed by atoms with van der Waals surface area (Å²) in [5.74, 6) is -0.605. The highest BCUT2D eigenvalue weighted by Crippen LogP contribution is 2.30. The molecule has 214 valence electrons. The fourth-order valence-corrected chi connectivity index (χ4v) is 4.46. The van der Waals surface area contributed by atoms with Crippen molar-refractivity contribution in [3.8, 4) is 0 Å². The molecule has 3 amide bonds. The third-order valence-corrected chi connectivity index (χ3v) is 6.34. The first-order valence-electron chi connectivity index (χ1n) is 13.8. The summed E-state index contributed by atoms with van der Waals surface area (Å²) in [6, 6.07) is 13.3. The van der Waals surface area contributed by atoms with Crippen LogP contribution in [0.1, 0.15) is 90.1 Å². The van der Waals surface area contributed by atoms with Crippen LogP contribution in [0.15, 0.2) is 48.5 Å². The van der Waals surface area contributed by atoms with Gasteiger partial charge in [0.05, 0.1) is 0 Å². The zero-order chi connectivity index (χ0) is 29.5. The van der Waals surface area contributed by atoms with Crippen LogP contribution in [0.5, 0.6) is 0 Å². The Morgan fingerprint density at radius 1 is 0.949 bits per heavy atom. The maximum absolute atomic E-state index is 14.5. The van der Waals surface area contributed by atoms with E-state index in [9.17, 15) is 14.4 Å². The molecule has 2 aromatic rings. The Labute approximate surface area is 234 Å². The summed E-state index contributed by atoms with van der Waals surface area (Å²) < 4.78 is 5.51. The minimum Gasteiger partial charge on any atom is -0.444 e. The van der Waals surface area contributed by atoms with Crippen molar-refractivity contribution < 1.29 is 19.1 Å². The average molecular weight is 538 g/mol. The number of carbonyl (C=O) groups excluding carboxylic acids is 3. The van der Waals surface area contributed by atoms with Gasteiger partial charge in [0, 0.05) is 18.0 Å². The van der Waals surface area contributed by atoms with E-state index >= 15 is 0 Å². The van der Waals surface area contributed by atoms with Crippen molar-refractivity contribution in [3.63, 3.8) is 0 Å². The topological polar surface area (TPSA) is 87.7 Å². The smallest absolute Gasteiger partial charge is 0.408 e. The van der Waals surface area contributed by atoms with Gasteiger partial charge in [0.15, 0.2) is 0 Å². The molecule has 0 radical (unpaired) electrons. The Balaban J connectivity index is 2.64. The SMILES string of the molecule is CCC(C)N(C(=O)C(Cc1ccccc1)NC(=O)OC(C)(C)C)C(C(=O)NC(C)(C)C)c1ccc(C)cc1C. The number of aryl methyl sites for hydroxylation is 2. The number of amides is 3. The normalized spacial score (nSPS) is 14.1. The molecule has 0 aliphatic carbocycles. The second-order valence-electron chi connectivity index (χ2n) is 12.4. The van der Waals surface area contributed by atoms with Crippen molar-refractivity contribution in [2.75, 3.05) is 0 Å². The van der Waals surface area contributed by atoms with Gasteiger partial charge in [0.25, 0.3) is 0 Å². The Hall–Kier alpha value is -3.35. The monoisotopic (exact) mass is 537 g/mol. The Kier molecular flexibility index (Phi) is 10.7. The molecule has 0 saturated carbocycles. The van der Waals surface area contributed by atoms with Gasteiger partial charge in [0.1, 0.15) is 17.7 Å². The summed E-state index contributed by atoms with van der Waals surface area (Å²) in [5, 5.41) is 5.90. The van der Waals surface area contributed by atoms with E-state index in [2.05, 4.69) is 10.6 Å². The molecular formula is C32H47N3O4. The number of ether oxygens (including phenoxy) is 1. The van der Waals surface area contributed by atoms with E-state index in [1.54, 1.807) is 25.7 Å². The van der Waals surface area contributed by atoms with E-state index in [1.165, 1.54) is 0 Å². The number of hydrogen-bond acceptors (Lipinski definition) is 4. The first kappa shape index (κ1) is 31.9. The number of nitrogens with one attached hydrogen (secondary N) is 2. The highest BCUT2D eigenvalue weighted by atomic mass is 16.6. The molecule has 39 heavy (non-hydrogen) atoms. The van der Waals surface area contributed by atoms with E-state index < -0.39 is 29.3 Å². The van der Waals surface area contributed by atoms with E-state index in [0.717, 1.165) is 22.3 Å². The average Bonchev–Trinajstić information content (AvgIpc) is 2.80. The molecule has 3 unspecified atom stereocenters. The Morgan fingerprint density at radius 3 is 2.08 bits per heavy atom. The summed E-state index contributed by atoms with van der Waals surface area (Å²) in [6.07, 6.45) is 0.204. The molecule has 0 fully saturated rings. The van der Waals surface area contributed by atoms with Gasteiger partial charge in [-0.3, -0.25) is 9.59 Å². The van der Waals surface area contributed by atoms with Crippen LogP contribution in [0, 0.1) is 13.8 Å². The van der Waals surface area contributed by atoms with Gasteiger partial charge in [-0.15, -0.1) is 0 Å². The highest BCUT2D eigenvalue weighted by Gasteiger charge is 2.40. The van der Waals surface area contributed by atoms with Gasteiger partial charge in [-0.25, -0.2) is 4.79 Å². The fourth-order valence-electron chi connectivity index (χ4n) is 4.46. The molecule has 0 bridgehead atoms. The molecule has 2 N–H and O–H groups in total. The number of nitrogens with zero attached hydrogens (tertiary/aromatic N) is 1. The minimum atomic E-state index is -0.938. The van der Waals surface area contributed by atoms with Gasteiger partial charge in [-0.05, 0) is 85.4 Å². The number of alkyl carbamates (subject to hydrolysis) is 1. The fraction of sp³-hybridized carbons (Fsp3) is 0.531. The van der Waals surface area contributed by atoms with Gasteiger partial charge in [-0.2, -0.15) is 0 Å². The van der Waals surface area contributed by atoms with Crippen LogP contribution in [0.4, 0.5) is 4.79 Å². The van der Waals surface area contributed by atoms with Crippen molar-refractivity contribution in [3.05, 3.63) is 70.8 Å². The molecule has 0 aromatic heterocycles. The molecule has 2 aromatic carbocycles. The third kappa shape index (κ3) is 9.72. The van der Waals surface area contributed by atoms with Gasteiger partial charge in [-0.1, -0.05) is 61.0 Å². The second kappa shape index (κ2) is 13.1. The maximum Gasteiger partial charge on any atom is 0.408 e. The van der Waals surface area contributed by atoms with Gasteiger partial charge in [0.2, 0.25) is 11.8 Å². The quantitative estimate of drug-likeness (QED) is 0.409. The van der Waals surface area contributed by atoms with E-state index in [-0.39, 0.29) is 24.3 Å². The van der Waals surface area contributed by atoms with Crippen molar-refractivity contribution in [2.45, 2.75) is 111 Å². The molecule has 2 rings (SSSR count). The van der Waals surface area contributed by atoms with Crippen LogP contribution in [-0.4, -0.2) is 46.0 Å². The lowest BCUT2D eigenvalue weighted by molar-refractivity contribution is -0.145. The molecule has 0 spiro atoms. The summed E-state index contributed by atoms with van der Waals surface area (Å²) in [4.78, 5) is 43.0. The molecule has 0 saturated heterocycles. The summed E-state index contributed by atoms with van der Waals surface area (Å²) >= 11 is 0. The van der Waals surface area contributed by atoms with Crippen LogP contribution in [0.25, 0.3) is 0 Å². The molecule has 0 heterocycles. The van der Waals surface area contributed by atoms with Crippen molar-refractivity contribution in [1.29, 1.82) is 0 Å². The third-order valence-electron chi connectivity index (χ3n) is 6.34. The molecule has 0 aliphatic rings. The molecule has 3 atom stereocenters. The van der Waals surface area contributed by atoms with Crippen molar-refractivity contribution in [1.82, 2.24) is 15.5 Å². The summed E-state index contributed by atoms with van der Waals surface area (Å²) in [7, 11) is 0. The van der Waals surface area contributed by atoms with Crippen LogP contribution >= 0.6 is 0 Å². The summed E-state index contributed by atoms with van der Waals surface area (Å²) in [5.41, 5.74) is 2.40. The van der Waals surface area contributed by atoms with Crippen LogP contribution in [-0.2, 0) is 20.7 Å². The Morgan fingerprint density at radius 2 is 1.56 bits per heavy atom. The minimum absolute atomic E-state index is 0.256. The standard InChI is InChI=1S/C32H47N3O4/c1-11-23(4)35(27(28(36)34-31(5,6)7)25-18-17-21(2)19-22(25)3)29(37)26(20-24-15-13-12-14-16-24)33-30(38)39-32(8,9)10/h12-19,23,26-27H,11,20H2,1-10H3,(H,33,38)(H,34,36). The predicted octanol–water partition coefficient (Wildman–Crippen LogP) is 6.02. The zero-order valence-corrected chi connectivity index (χ0v) is 25.3. The molecule has 7 heteroatoms. The number of carbonyl (C=O) groups is 3. The van der Waals surface area contributed by atoms with E-state index in [4.69, 9.17) is 4.74 Å². The number of rotatable bonds is 9. The van der Waals surface area contributed by atoms with Gasteiger partial charge >= 0.3 is 6.09 Å². The second-order valence-corrected chi connectivity index (χ2v) is 12.4. The lowest BCUT2D eigenvalue weighted by atomic mass is 9.93. The number of benzene rings is 2. The van der Waals surface area contributed by atoms with E-state index in [0.29, 0.717) is 6.42 Å². The first-order valence-corrected chi connectivity index (χ1v) is 13.8. The Bertz CT molecular complexity index is 1130. The summed E-state index contributed by atoms with van der Waals surface area (Å²) in [6.45, 7) is 19.0. The van der Waals surface area contributed by atoms with Crippen LogP contribution in [0.3, 0.4) is 0 Å².